The van der Waals surface area contributed by atoms with Crippen molar-refractivity contribution in [2.24, 2.45) is 0 Å². The van der Waals surface area contributed by atoms with Crippen LogP contribution >= 0.6 is 0 Å². The summed E-state index contributed by atoms with van der Waals surface area (Å²) in [6.07, 6.45) is 2.44. The Labute approximate surface area is 102 Å². The number of rotatable bonds is 6. The summed E-state index contributed by atoms with van der Waals surface area (Å²) in [7, 11) is 0. The molecule has 0 aromatic carbocycles. The van der Waals surface area contributed by atoms with Gasteiger partial charge in [0.25, 0.3) is 0 Å². The Morgan fingerprint density at radius 1 is 1.47 bits per heavy atom. The number of aromatic nitrogens is 2. The summed E-state index contributed by atoms with van der Waals surface area (Å²) in [5.74, 6) is 2.06. The van der Waals surface area contributed by atoms with Crippen molar-refractivity contribution in [2.75, 3.05) is 23.8 Å². The lowest BCUT2D eigenvalue weighted by atomic mass is 10.3. The zero-order chi connectivity index (χ0) is 12.3. The lowest BCUT2D eigenvalue weighted by Crippen LogP contribution is -2.21. The van der Waals surface area contributed by atoms with Crippen LogP contribution in [0.15, 0.2) is 6.07 Å². The lowest BCUT2D eigenvalue weighted by Gasteiger charge is -2.13. The number of aliphatic hydroxyl groups is 1. The van der Waals surface area contributed by atoms with Gasteiger partial charge in [0.1, 0.15) is 5.82 Å². The molecule has 0 spiro atoms. The molecule has 17 heavy (non-hydrogen) atoms. The van der Waals surface area contributed by atoms with E-state index in [9.17, 15) is 0 Å². The molecule has 0 unspecified atom stereocenters. The van der Waals surface area contributed by atoms with Gasteiger partial charge in [0, 0.05) is 24.6 Å². The van der Waals surface area contributed by atoms with E-state index in [1.54, 1.807) is 0 Å². The summed E-state index contributed by atoms with van der Waals surface area (Å²) in [5, 5.41) is 15.3. The van der Waals surface area contributed by atoms with Crippen LogP contribution in [-0.4, -0.2) is 34.3 Å². The van der Waals surface area contributed by atoms with Gasteiger partial charge in [-0.05, 0) is 26.7 Å². The monoisotopic (exact) mass is 236 g/mol. The number of nitrogens with zero attached hydrogens (tertiary/aromatic N) is 2. The molecule has 1 saturated carbocycles. The normalized spacial score (nSPS) is 16.6. The molecule has 1 heterocycles. The van der Waals surface area contributed by atoms with Crippen molar-refractivity contribution in [2.45, 2.75) is 38.6 Å². The first-order chi connectivity index (χ1) is 8.22. The maximum atomic E-state index is 9.03. The van der Waals surface area contributed by atoms with Gasteiger partial charge in [-0.2, -0.15) is 4.98 Å². The van der Waals surface area contributed by atoms with Crippen molar-refractivity contribution in [3.05, 3.63) is 11.8 Å². The van der Waals surface area contributed by atoms with E-state index in [2.05, 4.69) is 20.6 Å². The molecule has 3 N–H and O–H groups in total. The van der Waals surface area contributed by atoms with Crippen molar-refractivity contribution in [1.29, 1.82) is 0 Å². The largest absolute Gasteiger partial charge is 0.394 e. The molecule has 0 aliphatic heterocycles. The van der Waals surface area contributed by atoms with Crippen LogP contribution in [0.2, 0.25) is 0 Å². The molecule has 2 rings (SSSR count). The van der Waals surface area contributed by atoms with Crippen molar-refractivity contribution in [3.63, 3.8) is 0 Å². The van der Waals surface area contributed by atoms with Crippen molar-refractivity contribution in [1.82, 2.24) is 9.97 Å². The van der Waals surface area contributed by atoms with Crippen LogP contribution in [0.25, 0.3) is 0 Å². The zero-order valence-corrected chi connectivity index (χ0v) is 10.4. The highest BCUT2D eigenvalue weighted by atomic mass is 16.3. The molecule has 1 fully saturated rings. The second-order valence-corrected chi connectivity index (χ2v) is 4.53. The first kappa shape index (κ1) is 12.1. The second kappa shape index (κ2) is 5.31. The van der Waals surface area contributed by atoms with Gasteiger partial charge < -0.3 is 15.7 Å². The fraction of sp³-hybridized carbons (Fsp3) is 0.667. The van der Waals surface area contributed by atoms with Crippen LogP contribution in [0, 0.1) is 0 Å². The molecule has 1 aromatic rings. The summed E-state index contributed by atoms with van der Waals surface area (Å²) in [5.41, 5.74) is 1.10. The van der Waals surface area contributed by atoms with E-state index < -0.39 is 0 Å². The predicted octanol–water partition coefficient (Wildman–Crippen LogP) is 1.58. The van der Waals surface area contributed by atoms with Crippen LogP contribution in [0.3, 0.4) is 0 Å². The van der Waals surface area contributed by atoms with Crippen molar-refractivity contribution >= 4 is 11.8 Å². The Balaban J connectivity index is 2.17. The van der Waals surface area contributed by atoms with Crippen LogP contribution in [-0.2, 0) is 0 Å². The first-order valence-corrected chi connectivity index (χ1v) is 6.23. The van der Waals surface area contributed by atoms with E-state index in [0.29, 0.717) is 11.9 Å². The van der Waals surface area contributed by atoms with Crippen LogP contribution in [0.4, 0.5) is 11.8 Å². The van der Waals surface area contributed by atoms with E-state index in [1.807, 2.05) is 19.9 Å². The molecular weight excluding hydrogens is 216 g/mol. The fourth-order valence-corrected chi connectivity index (χ4v) is 1.66. The quantitative estimate of drug-likeness (QED) is 0.699. The van der Waals surface area contributed by atoms with Crippen LogP contribution < -0.4 is 10.6 Å². The summed E-state index contributed by atoms with van der Waals surface area (Å²) < 4.78 is 0. The lowest BCUT2D eigenvalue weighted by molar-refractivity contribution is 0.281. The highest BCUT2D eigenvalue weighted by Gasteiger charge is 2.26. The van der Waals surface area contributed by atoms with Gasteiger partial charge in [-0.25, -0.2) is 4.98 Å². The molecule has 5 nitrogen and oxygen atoms in total. The SMILES string of the molecule is CCNc1cc(C2CC2)nc(N[C@H](C)CO)n1. The van der Waals surface area contributed by atoms with E-state index in [1.165, 1.54) is 12.8 Å². The van der Waals surface area contributed by atoms with Gasteiger partial charge in [-0.3, -0.25) is 0 Å². The highest BCUT2D eigenvalue weighted by Crippen LogP contribution is 2.39. The molecule has 1 atom stereocenters. The number of hydrogen-bond donors (Lipinski definition) is 3. The third-order valence-electron chi connectivity index (χ3n) is 2.75. The van der Waals surface area contributed by atoms with Gasteiger partial charge in [0.05, 0.1) is 12.3 Å². The molecule has 0 radical (unpaired) electrons. The van der Waals surface area contributed by atoms with Crippen LogP contribution in [0.1, 0.15) is 38.3 Å². The minimum absolute atomic E-state index is 0.0288. The number of nitrogens with one attached hydrogen (secondary N) is 2. The van der Waals surface area contributed by atoms with Gasteiger partial charge in [-0.1, -0.05) is 0 Å². The van der Waals surface area contributed by atoms with E-state index in [-0.39, 0.29) is 12.6 Å². The molecule has 94 valence electrons. The maximum absolute atomic E-state index is 9.03. The molecule has 0 saturated heterocycles. The average molecular weight is 236 g/mol. The number of hydrogen-bond acceptors (Lipinski definition) is 5. The van der Waals surface area contributed by atoms with Gasteiger partial charge >= 0.3 is 0 Å². The fourth-order valence-electron chi connectivity index (χ4n) is 1.66. The summed E-state index contributed by atoms with van der Waals surface area (Å²) in [4.78, 5) is 8.87. The Bertz CT molecular complexity index is 379. The van der Waals surface area contributed by atoms with Crippen molar-refractivity contribution in [3.8, 4) is 0 Å². The third kappa shape index (κ3) is 3.30. The van der Waals surface area contributed by atoms with E-state index in [4.69, 9.17) is 5.11 Å². The number of anilines is 2. The molecule has 1 aliphatic carbocycles. The average Bonchev–Trinajstić information content (AvgIpc) is 3.12. The molecule has 1 aromatic heterocycles. The molecule has 0 bridgehead atoms. The third-order valence-corrected chi connectivity index (χ3v) is 2.75. The summed E-state index contributed by atoms with van der Waals surface area (Å²) in [6.45, 7) is 4.87. The van der Waals surface area contributed by atoms with Gasteiger partial charge in [-0.15, -0.1) is 0 Å². The second-order valence-electron chi connectivity index (χ2n) is 4.53. The molecule has 1 aliphatic rings. The summed E-state index contributed by atoms with van der Waals surface area (Å²) >= 11 is 0. The Kier molecular flexibility index (Phi) is 3.78. The standard InChI is InChI=1S/C12H20N4O/c1-3-13-11-6-10(9-4-5-9)15-12(16-11)14-8(2)7-17/h6,8-9,17H,3-5,7H2,1-2H3,(H2,13,14,15,16)/t8-/m1/s1. The Morgan fingerprint density at radius 3 is 2.82 bits per heavy atom. The van der Waals surface area contributed by atoms with E-state index in [0.717, 1.165) is 18.1 Å². The topological polar surface area (TPSA) is 70.1 Å². The minimum Gasteiger partial charge on any atom is -0.394 e. The predicted molar refractivity (Wildman–Crippen MR) is 68.3 cm³/mol. The highest BCUT2D eigenvalue weighted by molar-refractivity contribution is 5.44. The molecule has 5 heteroatoms. The molecule has 0 amide bonds. The number of aliphatic hydroxyl groups excluding tert-OH is 1. The van der Waals surface area contributed by atoms with Crippen LogP contribution in [0.5, 0.6) is 0 Å². The Hall–Kier alpha value is -1.36. The zero-order valence-electron chi connectivity index (χ0n) is 10.4. The van der Waals surface area contributed by atoms with E-state index >= 15 is 0 Å². The van der Waals surface area contributed by atoms with Crippen molar-refractivity contribution < 1.29 is 5.11 Å². The maximum Gasteiger partial charge on any atom is 0.225 e. The Morgan fingerprint density at radius 2 is 2.24 bits per heavy atom. The summed E-state index contributed by atoms with van der Waals surface area (Å²) in [6, 6.07) is 1.99. The smallest absolute Gasteiger partial charge is 0.225 e. The van der Waals surface area contributed by atoms with Gasteiger partial charge in [0.2, 0.25) is 5.95 Å². The first-order valence-electron chi connectivity index (χ1n) is 6.23. The minimum atomic E-state index is -0.0288. The van der Waals surface area contributed by atoms with Gasteiger partial charge in [0.15, 0.2) is 0 Å². The molecular formula is C12H20N4O.